The molecular weight excluding hydrogens is 352 g/mol. The molecule has 106 valence electrons. The lowest BCUT2D eigenvalue weighted by Gasteiger charge is -2.00. The van der Waals surface area contributed by atoms with Gasteiger partial charge in [0.2, 0.25) is 0 Å². The second kappa shape index (κ2) is 5.79. The highest BCUT2D eigenvalue weighted by Gasteiger charge is 2.15. The number of imidazole rings is 1. The Bertz CT molecular complexity index is 836. The van der Waals surface area contributed by atoms with Gasteiger partial charge in [0.25, 0.3) is 5.91 Å². The second-order valence-corrected chi connectivity index (χ2v) is 6.81. The maximum absolute atomic E-state index is 12.2. The number of halogens is 1. The number of nitrogens with one attached hydrogen (secondary N) is 1. The summed E-state index contributed by atoms with van der Waals surface area (Å²) in [4.78, 5) is 17.5. The second-order valence-electron chi connectivity index (χ2n) is 4.32. The molecule has 3 heterocycles. The van der Waals surface area contributed by atoms with E-state index >= 15 is 0 Å². The SMILES string of the molecule is Cc1nc2ccccn2c1C(=O)N/N=C\c1ccc(Br)s1. The minimum atomic E-state index is -0.280. The number of thiophene rings is 1. The summed E-state index contributed by atoms with van der Waals surface area (Å²) in [5, 5.41) is 3.98. The van der Waals surface area contributed by atoms with Crippen LogP contribution in [0.1, 0.15) is 21.1 Å². The maximum Gasteiger partial charge on any atom is 0.290 e. The Morgan fingerprint density at radius 1 is 1.43 bits per heavy atom. The van der Waals surface area contributed by atoms with Crippen molar-refractivity contribution in [3.8, 4) is 0 Å². The summed E-state index contributed by atoms with van der Waals surface area (Å²) in [5.74, 6) is -0.280. The van der Waals surface area contributed by atoms with Gasteiger partial charge >= 0.3 is 0 Å². The molecule has 21 heavy (non-hydrogen) atoms. The molecule has 0 aliphatic rings. The summed E-state index contributed by atoms with van der Waals surface area (Å²) >= 11 is 4.92. The predicted octanol–water partition coefficient (Wildman–Crippen LogP) is 3.23. The molecule has 5 nitrogen and oxygen atoms in total. The lowest BCUT2D eigenvalue weighted by Crippen LogP contribution is -2.20. The zero-order valence-electron chi connectivity index (χ0n) is 11.1. The number of hydrogen-bond donors (Lipinski definition) is 1. The highest BCUT2D eigenvalue weighted by atomic mass is 79.9. The van der Waals surface area contributed by atoms with Crippen LogP contribution in [0.4, 0.5) is 0 Å². The van der Waals surface area contributed by atoms with Gasteiger partial charge in [-0.3, -0.25) is 9.20 Å². The van der Waals surface area contributed by atoms with Crippen LogP contribution < -0.4 is 5.43 Å². The minimum Gasteiger partial charge on any atom is -0.295 e. The fourth-order valence-corrected chi connectivity index (χ4v) is 3.29. The number of rotatable bonds is 3. The van der Waals surface area contributed by atoms with Crippen LogP contribution in [0.3, 0.4) is 0 Å². The van der Waals surface area contributed by atoms with Gasteiger partial charge < -0.3 is 0 Å². The Kier molecular flexibility index (Phi) is 3.85. The Balaban J connectivity index is 1.81. The molecule has 1 amide bonds. The van der Waals surface area contributed by atoms with Gasteiger partial charge in [-0.15, -0.1) is 11.3 Å². The molecule has 0 aromatic carbocycles. The predicted molar refractivity (Wildman–Crippen MR) is 87.0 cm³/mol. The standard InChI is InChI=1S/C14H11BrN4OS/c1-9-13(19-7-3-2-4-12(19)17-9)14(20)18-16-8-10-5-6-11(15)21-10/h2-8H,1H3,(H,18,20)/b16-8-. The van der Waals surface area contributed by atoms with Gasteiger partial charge in [0.05, 0.1) is 15.7 Å². The number of carbonyl (C=O) groups excluding carboxylic acids is 1. The Morgan fingerprint density at radius 2 is 2.29 bits per heavy atom. The number of fused-ring (bicyclic) bond motifs is 1. The monoisotopic (exact) mass is 362 g/mol. The van der Waals surface area contributed by atoms with E-state index < -0.39 is 0 Å². The molecule has 1 N–H and O–H groups in total. The summed E-state index contributed by atoms with van der Waals surface area (Å²) in [6.07, 6.45) is 3.43. The lowest BCUT2D eigenvalue weighted by molar-refractivity contribution is 0.0948. The first-order valence-electron chi connectivity index (χ1n) is 6.17. The molecule has 7 heteroatoms. The molecule has 3 rings (SSSR count). The summed E-state index contributed by atoms with van der Waals surface area (Å²) in [6, 6.07) is 9.45. The van der Waals surface area contributed by atoms with E-state index in [1.807, 2.05) is 43.5 Å². The van der Waals surface area contributed by atoms with Crippen molar-refractivity contribution in [1.29, 1.82) is 0 Å². The van der Waals surface area contributed by atoms with Crippen molar-refractivity contribution in [2.24, 2.45) is 5.10 Å². The molecule has 0 unspecified atom stereocenters. The first-order valence-corrected chi connectivity index (χ1v) is 7.78. The number of aryl methyl sites for hydroxylation is 1. The molecule has 0 aliphatic carbocycles. The van der Waals surface area contributed by atoms with Gasteiger partial charge in [-0.2, -0.15) is 5.10 Å². The molecule has 0 atom stereocenters. The van der Waals surface area contributed by atoms with E-state index in [0.717, 1.165) is 14.3 Å². The van der Waals surface area contributed by atoms with Crippen LogP contribution in [0, 0.1) is 6.92 Å². The van der Waals surface area contributed by atoms with Gasteiger partial charge in [-0.1, -0.05) is 6.07 Å². The normalized spacial score (nSPS) is 11.3. The molecule has 0 bridgehead atoms. The molecule has 0 radical (unpaired) electrons. The van der Waals surface area contributed by atoms with Crippen molar-refractivity contribution >= 4 is 45.0 Å². The lowest BCUT2D eigenvalue weighted by atomic mass is 10.3. The topological polar surface area (TPSA) is 58.8 Å². The molecule has 0 spiro atoms. The van der Waals surface area contributed by atoms with Gasteiger partial charge in [-0.05, 0) is 47.1 Å². The molecular formula is C14H11BrN4OS. The number of aromatic nitrogens is 2. The van der Waals surface area contributed by atoms with Crippen LogP contribution in [0.2, 0.25) is 0 Å². The number of hydrogen-bond acceptors (Lipinski definition) is 4. The maximum atomic E-state index is 12.2. The summed E-state index contributed by atoms with van der Waals surface area (Å²) < 4.78 is 2.77. The number of pyridine rings is 1. The van der Waals surface area contributed by atoms with Gasteiger partial charge in [-0.25, -0.2) is 10.4 Å². The smallest absolute Gasteiger partial charge is 0.290 e. The largest absolute Gasteiger partial charge is 0.295 e. The molecule has 0 aliphatic heterocycles. The Hall–Kier alpha value is -1.99. The zero-order chi connectivity index (χ0) is 14.8. The van der Waals surface area contributed by atoms with Gasteiger partial charge in [0.1, 0.15) is 11.3 Å². The number of amides is 1. The van der Waals surface area contributed by atoms with Crippen LogP contribution in [-0.2, 0) is 0 Å². The van der Waals surface area contributed by atoms with Crippen molar-refractivity contribution in [3.63, 3.8) is 0 Å². The van der Waals surface area contributed by atoms with Crippen molar-refractivity contribution in [2.45, 2.75) is 6.92 Å². The van der Waals surface area contributed by atoms with Crippen LogP contribution in [-0.4, -0.2) is 21.5 Å². The van der Waals surface area contributed by atoms with E-state index in [1.165, 1.54) is 0 Å². The molecule has 0 saturated carbocycles. The Labute approximate surface area is 133 Å². The van der Waals surface area contributed by atoms with Crippen molar-refractivity contribution in [2.75, 3.05) is 0 Å². The van der Waals surface area contributed by atoms with Crippen LogP contribution in [0.5, 0.6) is 0 Å². The van der Waals surface area contributed by atoms with Crippen molar-refractivity contribution in [1.82, 2.24) is 14.8 Å². The average Bonchev–Trinajstić information content (AvgIpc) is 3.01. The van der Waals surface area contributed by atoms with E-state index in [9.17, 15) is 4.79 Å². The number of carbonyl (C=O) groups is 1. The third-order valence-electron chi connectivity index (χ3n) is 2.87. The van der Waals surface area contributed by atoms with Gasteiger partial charge in [0.15, 0.2) is 0 Å². The van der Waals surface area contributed by atoms with E-state index in [2.05, 4.69) is 31.4 Å². The van der Waals surface area contributed by atoms with Crippen LogP contribution in [0.25, 0.3) is 5.65 Å². The van der Waals surface area contributed by atoms with Crippen molar-refractivity contribution < 1.29 is 4.79 Å². The fourth-order valence-electron chi connectivity index (χ4n) is 1.99. The quantitative estimate of drug-likeness (QED) is 0.574. The highest BCUT2D eigenvalue weighted by Crippen LogP contribution is 2.20. The molecule has 3 aromatic rings. The van der Waals surface area contributed by atoms with Crippen LogP contribution in [0.15, 0.2) is 45.4 Å². The van der Waals surface area contributed by atoms with E-state index in [4.69, 9.17) is 0 Å². The van der Waals surface area contributed by atoms with Crippen LogP contribution >= 0.6 is 27.3 Å². The van der Waals surface area contributed by atoms with E-state index in [0.29, 0.717) is 11.4 Å². The van der Waals surface area contributed by atoms with E-state index in [-0.39, 0.29) is 5.91 Å². The molecule has 0 saturated heterocycles. The summed E-state index contributed by atoms with van der Waals surface area (Å²) in [6.45, 7) is 1.81. The minimum absolute atomic E-state index is 0.280. The van der Waals surface area contributed by atoms with E-state index in [1.54, 1.807) is 22.0 Å². The third-order valence-corrected chi connectivity index (χ3v) is 4.43. The van der Waals surface area contributed by atoms with Gasteiger partial charge in [0, 0.05) is 11.1 Å². The highest BCUT2D eigenvalue weighted by molar-refractivity contribution is 9.11. The summed E-state index contributed by atoms with van der Waals surface area (Å²) in [5.41, 5.74) is 4.45. The molecule has 0 fully saturated rings. The number of hydrazone groups is 1. The third kappa shape index (κ3) is 2.88. The summed E-state index contributed by atoms with van der Waals surface area (Å²) in [7, 11) is 0. The average molecular weight is 363 g/mol. The first-order chi connectivity index (χ1) is 10.1. The zero-order valence-corrected chi connectivity index (χ0v) is 13.5. The number of nitrogens with zero attached hydrogens (tertiary/aromatic N) is 3. The molecule has 3 aromatic heterocycles. The van der Waals surface area contributed by atoms with Crippen molar-refractivity contribution in [3.05, 3.63) is 56.6 Å². The fraction of sp³-hybridized carbons (Fsp3) is 0.0714. The first kappa shape index (κ1) is 14.0. The Morgan fingerprint density at radius 3 is 3.05 bits per heavy atom.